The van der Waals surface area contributed by atoms with Gasteiger partial charge in [-0.25, -0.2) is 19.2 Å². The molecule has 42 heavy (non-hydrogen) atoms. The zero-order valence-corrected chi connectivity index (χ0v) is 24.5. The molecule has 2 amide bonds. The Morgan fingerprint density at radius 2 is 1.45 bits per heavy atom. The summed E-state index contributed by atoms with van der Waals surface area (Å²) < 4.78 is 10.2. The molecule has 0 radical (unpaired) electrons. The number of carboxylic acids is 2. The van der Waals surface area contributed by atoms with Gasteiger partial charge in [-0.05, 0) is 62.6 Å². The predicted molar refractivity (Wildman–Crippen MR) is 156 cm³/mol. The first-order chi connectivity index (χ1) is 19.6. The summed E-state index contributed by atoms with van der Waals surface area (Å²) in [7, 11) is 1.44. The van der Waals surface area contributed by atoms with E-state index in [-0.39, 0.29) is 6.61 Å². The number of nitrogens with one attached hydrogen (secondary N) is 1. The Kier molecular flexibility index (Phi) is 11.4. The van der Waals surface area contributed by atoms with Gasteiger partial charge in [-0.15, -0.1) is 0 Å². The van der Waals surface area contributed by atoms with Crippen LogP contribution >= 0.6 is 0 Å². The lowest BCUT2D eigenvalue weighted by Gasteiger charge is -2.34. The number of benzene rings is 3. The molecule has 0 fully saturated rings. The third-order valence-corrected chi connectivity index (χ3v) is 6.30. The van der Waals surface area contributed by atoms with Gasteiger partial charge in [0.05, 0.1) is 6.10 Å². The summed E-state index contributed by atoms with van der Waals surface area (Å²) >= 11 is 0. The molecule has 3 aromatic carbocycles. The lowest BCUT2D eigenvalue weighted by molar-refractivity contribution is -0.149. The summed E-state index contributed by atoms with van der Waals surface area (Å²) in [4.78, 5) is 47.6. The molecule has 0 bridgehead atoms. The second kappa shape index (κ2) is 14.3. The van der Waals surface area contributed by atoms with Gasteiger partial charge in [0, 0.05) is 7.05 Å². The Morgan fingerprint density at radius 1 is 0.881 bits per heavy atom. The number of aliphatic hydroxyl groups excluding tert-OH is 1. The molecule has 3 aromatic rings. The van der Waals surface area contributed by atoms with Gasteiger partial charge in [-0.1, -0.05) is 66.7 Å². The Bertz CT molecular complexity index is 1390. The lowest BCUT2D eigenvalue weighted by atomic mass is 9.89. The van der Waals surface area contributed by atoms with Gasteiger partial charge >= 0.3 is 24.1 Å². The predicted octanol–water partition coefficient (Wildman–Crippen LogP) is 4.75. The molecule has 0 aromatic heterocycles. The fourth-order valence-electron chi connectivity index (χ4n) is 3.77. The molecule has 0 saturated carbocycles. The van der Waals surface area contributed by atoms with Crippen LogP contribution in [0, 0.1) is 0 Å². The number of carboxylic acid groups (broad SMARTS) is 2. The smallest absolute Gasteiger partial charge is 0.411 e. The molecule has 3 atom stereocenters. The molecule has 0 unspecified atom stereocenters. The van der Waals surface area contributed by atoms with Crippen LogP contribution in [0.2, 0.25) is 0 Å². The van der Waals surface area contributed by atoms with E-state index in [1.54, 1.807) is 32.9 Å². The third kappa shape index (κ3) is 9.20. The van der Waals surface area contributed by atoms with Gasteiger partial charge in [0.2, 0.25) is 0 Å². The number of likely N-dealkylation sites (N-methyl/N-ethyl adjacent to an activating group) is 1. The third-order valence-electron chi connectivity index (χ3n) is 6.30. The van der Waals surface area contributed by atoms with E-state index < -0.39 is 47.4 Å². The second-order valence-electron chi connectivity index (χ2n) is 10.7. The number of aliphatic carboxylic acids is 2. The molecule has 226 valence electrons. The standard InChI is InChI=1S/C22H21NO4.C9H17NO5/c1-22(20(24)25,19-13-12-17-10-6-7-11-18(17)14-19)23(2)21(26)27-15-16-8-4-3-5-9-16;1-5(11)6(7(12)13)10-8(14)15-9(2,3)4/h3-14H,15H2,1-2H3,(H,24,25);5-6,11H,1-4H3,(H,10,14)(H,12,13)/t22-;5-,6+/m11/s1. The average Bonchev–Trinajstić information content (AvgIpc) is 2.93. The average molecular weight is 583 g/mol. The van der Waals surface area contributed by atoms with Crippen LogP contribution < -0.4 is 5.32 Å². The molecular formula is C31H38N2O9. The highest BCUT2D eigenvalue weighted by Gasteiger charge is 2.43. The van der Waals surface area contributed by atoms with Crippen LogP contribution in [0.15, 0.2) is 72.8 Å². The summed E-state index contributed by atoms with van der Waals surface area (Å²) in [5.41, 5.74) is -0.918. The number of ether oxygens (including phenoxy) is 2. The van der Waals surface area contributed by atoms with Crippen molar-refractivity contribution in [1.82, 2.24) is 10.2 Å². The molecule has 0 aliphatic carbocycles. The van der Waals surface area contributed by atoms with E-state index in [0.29, 0.717) is 5.56 Å². The van der Waals surface area contributed by atoms with Gasteiger partial charge in [0.1, 0.15) is 12.2 Å². The van der Waals surface area contributed by atoms with Crippen LogP contribution in [0.5, 0.6) is 0 Å². The van der Waals surface area contributed by atoms with E-state index in [0.717, 1.165) is 21.2 Å². The Labute approximate surface area is 244 Å². The van der Waals surface area contributed by atoms with Gasteiger partial charge in [0.25, 0.3) is 0 Å². The van der Waals surface area contributed by atoms with Crippen molar-refractivity contribution in [2.45, 2.75) is 64.5 Å². The van der Waals surface area contributed by atoms with Crippen LogP contribution in [0.1, 0.15) is 45.7 Å². The van der Waals surface area contributed by atoms with Crippen LogP contribution in [0.25, 0.3) is 10.8 Å². The van der Waals surface area contributed by atoms with Crippen molar-refractivity contribution in [2.75, 3.05) is 7.05 Å². The van der Waals surface area contributed by atoms with E-state index in [1.807, 2.05) is 60.7 Å². The van der Waals surface area contributed by atoms with Crippen molar-refractivity contribution >= 4 is 34.9 Å². The Hall–Kier alpha value is -4.64. The topological polar surface area (TPSA) is 163 Å². The molecule has 4 N–H and O–H groups in total. The first kappa shape index (κ1) is 33.6. The number of fused-ring (bicyclic) bond motifs is 1. The van der Waals surface area contributed by atoms with Crippen LogP contribution in [0.4, 0.5) is 9.59 Å². The molecular weight excluding hydrogens is 544 g/mol. The van der Waals surface area contributed by atoms with E-state index in [1.165, 1.54) is 20.9 Å². The summed E-state index contributed by atoms with van der Waals surface area (Å²) in [6.45, 7) is 7.83. The Morgan fingerprint density at radius 3 is 1.98 bits per heavy atom. The van der Waals surface area contributed by atoms with Gasteiger partial charge in [-0.2, -0.15) is 0 Å². The fourth-order valence-corrected chi connectivity index (χ4v) is 3.77. The van der Waals surface area contributed by atoms with Crippen molar-refractivity contribution in [1.29, 1.82) is 0 Å². The van der Waals surface area contributed by atoms with Crippen LogP contribution in [0.3, 0.4) is 0 Å². The van der Waals surface area contributed by atoms with Crippen molar-refractivity contribution in [2.24, 2.45) is 0 Å². The second-order valence-corrected chi connectivity index (χ2v) is 10.7. The molecule has 11 nitrogen and oxygen atoms in total. The number of rotatable bonds is 8. The molecule has 0 saturated heterocycles. The maximum absolute atomic E-state index is 12.5. The Balaban J connectivity index is 0.000000351. The van der Waals surface area contributed by atoms with Crippen LogP contribution in [-0.4, -0.2) is 69.1 Å². The van der Waals surface area contributed by atoms with Gasteiger partial charge in [-0.3, -0.25) is 4.90 Å². The van der Waals surface area contributed by atoms with E-state index in [2.05, 4.69) is 5.32 Å². The minimum Gasteiger partial charge on any atom is -0.480 e. The SMILES string of the molecule is CN(C(=O)OCc1ccccc1)[C@@](C)(C(=O)O)c1ccc2ccccc2c1.C[C@@H](O)[C@H](NC(=O)OC(C)(C)C)C(=O)O. The highest BCUT2D eigenvalue weighted by molar-refractivity contribution is 5.89. The summed E-state index contributed by atoms with van der Waals surface area (Å²) in [6, 6.07) is 21.0. The molecule has 0 heterocycles. The lowest BCUT2D eigenvalue weighted by Crippen LogP contribution is -2.50. The minimum absolute atomic E-state index is 0.0808. The zero-order chi connectivity index (χ0) is 31.7. The van der Waals surface area contributed by atoms with E-state index in [4.69, 9.17) is 19.7 Å². The quantitative estimate of drug-likeness (QED) is 0.293. The molecule has 3 rings (SSSR count). The number of nitrogens with zero attached hydrogens (tertiary/aromatic N) is 1. The molecule has 0 aliphatic heterocycles. The van der Waals surface area contributed by atoms with Gasteiger partial charge < -0.3 is 30.1 Å². The number of hydrogen-bond donors (Lipinski definition) is 4. The number of hydrogen-bond acceptors (Lipinski definition) is 7. The largest absolute Gasteiger partial charge is 0.480 e. The number of alkyl carbamates (subject to hydrolysis) is 1. The van der Waals surface area contributed by atoms with Crippen molar-refractivity contribution in [3.8, 4) is 0 Å². The minimum atomic E-state index is -1.56. The van der Waals surface area contributed by atoms with Crippen molar-refractivity contribution in [3.05, 3.63) is 83.9 Å². The van der Waals surface area contributed by atoms with Crippen molar-refractivity contribution in [3.63, 3.8) is 0 Å². The highest BCUT2D eigenvalue weighted by Crippen LogP contribution is 2.31. The molecule has 11 heteroatoms. The monoisotopic (exact) mass is 582 g/mol. The molecule has 0 aliphatic rings. The first-order valence-corrected chi connectivity index (χ1v) is 13.1. The maximum Gasteiger partial charge on any atom is 0.411 e. The summed E-state index contributed by atoms with van der Waals surface area (Å²) in [5.74, 6) is -2.44. The highest BCUT2D eigenvalue weighted by atomic mass is 16.6. The maximum atomic E-state index is 12.5. The first-order valence-electron chi connectivity index (χ1n) is 13.1. The van der Waals surface area contributed by atoms with E-state index >= 15 is 0 Å². The molecule has 0 spiro atoms. The van der Waals surface area contributed by atoms with Crippen molar-refractivity contribution < 1.29 is 44.0 Å². The number of aliphatic hydroxyl groups is 1. The van der Waals surface area contributed by atoms with Crippen LogP contribution in [-0.2, 0) is 31.2 Å². The fraction of sp³-hybridized carbons (Fsp3) is 0.355. The van der Waals surface area contributed by atoms with Gasteiger partial charge in [0.15, 0.2) is 11.6 Å². The number of carbonyl (C=O) groups excluding carboxylic acids is 2. The summed E-state index contributed by atoms with van der Waals surface area (Å²) in [6.07, 6.45) is -2.75. The summed E-state index contributed by atoms with van der Waals surface area (Å²) in [5, 5.41) is 31.6. The number of carbonyl (C=O) groups is 4. The normalized spacial score (nSPS) is 13.8. The zero-order valence-electron chi connectivity index (χ0n) is 24.5. The number of amides is 2. The van der Waals surface area contributed by atoms with E-state index in [9.17, 15) is 24.3 Å².